The molecule has 1 N–H and O–H groups in total. The molecule has 0 aromatic carbocycles. The molecular formula is C15H14N2O3S. The Labute approximate surface area is 124 Å². The van der Waals surface area contributed by atoms with Crippen molar-refractivity contribution in [3.63, 3.8) is 0 Å². The van der Waals surface area contributed by atoms with Crippen LogP contribution in [0.5, 0.6) is 0 Å². The number of hydrogen-bond acceptors (Lipinski definition) is 5. The minimum absolute atomic E-state index is 0.0571. The number of nitrogens with zero attached hydrogens (tertiary/aromatic N) is 1. The molecule has 0 amide bonds. The van der Waals surface area contributed by atoms with Gasteiger partial charge in [0.25, 0.3) is 5.56 Å². The van der Waals surface area contributed by atoms with Gasteiger partial charge in [0.15, 0.2) is 5.78 Å². The highest BCUT2D eigenvalue weighted by Gasteiger charge is 2.16. The van der Waals surface area contributed by atoms with E-state index in [4.69, 9.17) is 4.42 Å². The van der Waals surface area contributed by atoms with Gasteiger partial charge in [-0.3, -0.25) is 9.59 Å². The summed E-state index contributed by atoms with van der Waals surface area (Å²) in [4.78, 5) is 33.2. The third-order valence-electron chi connectivity index (χ3n) is 3.58. The van der Waals surface area contributed by atoms with Crippen LogP contribution in [0, 0.1) is 20.8 Å². The second-order valence-corrected chi connectivity index (χ2v) is 6.17. The van der Waals surface area contributed by atoms with Gasteiger partial charge in [-0.1, -0.05) is 0 Å². The third-order valence-corrected chi connectivity index (χ3v) is 4.68. The van der Waals surface area contributed by atoms with Crippen LogP contribution in [0.25, 0.3) is 10.2 Å². The quantitative estimate of drug-likeness (QED) is 0.755. The molecule has 21 heavy (non-hydrogen) atoms. The Balaban J connectivity index is 2.01. The normalized spacial score (nSPS) is 11.2. The van der Waals surface area contributed by atoms with Crippen LogP contribution in [0.4, 0.5) is 0 Å². The van der Waals surface area contributed by atoms with E-state index in [9.17, 15) is 9.59 Å². The molecule has 108 valence electrons. The number of aryl methyl sites for hydroxylation is 3. The van der Waals surface area contributed by atoms with Gasteiger partial charge >= 0.3 is 0 Å². The molecule has 0 aliphatic rings. The maximum Gasteiger partial charge on any atom is 0.259 e. The second-order valence-electron chi connectivity index (χ2n) is 4.97. The lowest BCUT2D eigenvalue weighted by Gasteiger charge is -2.00. The summed E-state index contributed by atoms with van der Waals surface area (Å²) in [5.41, 5.74) is 1.29. The van der Waals surface area contributed by atoms with Crippen LogP contribution >= 0.6 is 11.3 Å². The van der Waals surface area contributed by atoms with Crippen LogP contribution in [0.15, 0.2) is 21.5 Å². The minimum atomic E-state index is -0.187. The highest BCUT2D eigenvalue weighted by Crippen LogP contribution is 2.25. The van der Waals surface area contributed by atoms with Crippen molar-refractivity contribution in [3.05, 3.63) is 50.3 Å². The lowest BCUT2D eigenvalue weighted by molar-refractivity contribution is 0.0989. The zero-order valence-electron chi connectivity index (χ0n) is 11.9. The number of carbonyl (C=O) groups excluding carboxylic acids is 1. The maximum absolute atomic E-state index is 12.2. The van der Waals surface area contributed by atoms with Crippen LogP contribution in [0.3, 0.4) is 0 Å². The molecule has 3 aromatic rings. The van der Waals surface area contributed by atoms with E-state index in [1.807, 2.05) is 13.8 Å². The van der Waals surface area contributed by atoms with Gasteiger partial charge in [-0.25, -0.2) is 4.98 Å². The van der Waals surface area contributed by atoms with Gasteiger partial charge in [-0.05, 0) is 32.4 Å². The average molecular weight is 302 g/mol. The molecule has 0 aliphatic heterocycles. The first-order chi connectivity index (χ1) is 9.97. The molecule has 3 heterocycles. The van der Waals surface area contributed by atoms with E-state index < -0.39 is 0 Å². The van der Waals surface area contributed by atoms with Crippen molar-refractivity contribution >= 4 is 27.3 Å². The molecule has 0 saturated carbocycles. The molecule has 0 radical (unpaired) electrons. The lowest BCUT2D eigenvalue weighted by Crippen LogP contribution is -2.15. The van der Waals surface area contributed by atoms with E-state index in [0.29, 0.717) is 27.4 Å². The Bertz CT molecular complexity index is 901. The Morgan fingerprint density at radius 1 is 1.38 bits per heavy atom. The standard InChI is InChI=1S/C15H14N2O3S/c1-7-9(3)21-15-13(7)14(19)16-12(17-15)6-11(18)10-4-5-20-8(10)2/h4-5H,6H2,1-3H3,(H,16,17,19). The lowest BCUT2D eigenvalue weighted by atomic mass is 10.1. The zero-order chi connectivity index (χ0) is 15.1. The summed E-state index contributed by atoms with van der Waals surface area (Å²) >= 11 is 1.47. The van der Waals surface area contributed by atoms with Crippen LogP contribution < -0.4 is 5.56 Å². The molecule has 0 saturated heterocycles. The number of thiophene rings is 1. The fraction of sp³-hybridized carbons (Fsp3) is 0.267. The van der Waals surface area contributed by atoms with E-state index >= 15 is 0 Å². The van der Waals surface area contributed by atoms with Gasteiger partial charge in [-0.2, -0.15) is 0 Å². The van der Waals surface area contributed by atoms with Crippen molar-refractivity contribution in [2.24, 2.45) is 0 Å². The van der Waals surface area contributed by atoms with Gasteiger partial charge in [0.2, 0.25) is 0 Å². The minimum Gasteiger partial charge on any atom is -0.469 e. The Morgan fingerprint density at radius 2 is 2.14 bits per heavy atom. The highest BCUT2D eigenvalue weighted by atomic mass is 32.1. The van der Waals surface area contributed by atoms with Crippen molar-refractivity contribution in [3.8, 4) is 0 Å². The number of ketones is 1. The summed E-state index contributed by atoms with van der Waals surface area (Å²) in [7, 11) is 0. The van der Waals surface area contributed by atoms with Crippen LogP contribution in [0.2, 0.25) is 0 Å². The van der Waals surface area contributed by atoms with Crippen LogP contribution in [-0.4, -0.2) is 15.8 Å². The number of furan rings is 1. The molecule has 0 atom stereocenters. The largest absolute Gasteiger partial charge is 0.469 e. The third kappa shape index (κ3) is 2.31. The van der Waals surface area contributed by atoms with Crippen molar-refractivity contribution in [1.82, 2.24) is 9.97 Å². The molecule has 0 bridgehead atoms. The van der Waals surface area contributed by atoms with E-state index in [-0.39, 0.29) is 17.8 Å². The monoisotopic (exact) mass is 302 g/mol. The van der Waals surface area contributed by atoms with E-state index in [1.54, 1.807) is 13.0 Å². The van der Waals surface area contributed by atoms with E-state index in [0.717, 1.165) is 10.4 Å². The molecule has 6 heteroatoms. The number of Topliss-reactive ketones (excluding diaryl/α,β-unsaturated/α-hetero) is 1. The first kappa shape index (κ1) is 13.8. The predicted octanol–water partition coefficient (Wildman–Crippen LogP) is 2.93. The number of aromatic amines is 1. The van der Waals surface area contributed by atoms with Crippen LogP contribution in [-0.2, 0) is 6.42 Å². The van der Waals surface area contributed by atoms with Gasteiger partial charge < -0.3 is 9.40 Å². The molecule has 0 fully saturated rings. The summed E-state index contributed by atoms with van der Waals surface area (Å²) in [5.74, 6) is 0.847. The summed E-state index contributed by atoms with van der Waals surface area (Å²) < 4.78 is 5.13. The van der Waals surface area contributed by atoms with Gasteiger partial charge in [0.1, 0.15) is 16.4 Å². The molecule has 0 spiro atoms. The van der Waals surface area contributed by atoms with Crippen molar-refractivity contribution < 1.29 is 9.21 Å². The summed E-state index contributed by atoms with van der Waals surface area (Å²) in [6, 6.07) is 1.63. The fourth-order valence-corrected chi connectivity index (χ4v) is 3.35. The van der Waals surface area contributed by atoms with Crippen molar-refractivity contribution in [1.29, 1.82) is 0 Å². The van der Waals surface area contributed by atoms with Gasteiger partial charge in [-0.15, -0.1) is 11.3 Å². The SMILES string of the molecule is Cc1occc1C(=O)Cc1nc2sc(C)c(C)c2c(=O)[nH]1. The number of aromatic nitrogens is 2. The Morgan fingerprint density at radius 3 is 2.81 bits per heavy atom. The molecular weight excluding hydrogens is 288 g/mol. The molecule has 5 nitrogen and oxygen atoms in total. The molecule has 0 aliphatic carbocycles. The highest BCUT2D eigenvalue weighted by molar-refractivity contribution is 7.18. The fourth-order valence-electron chi connectivity index (χ4n) is 2.30. The molecule has 0 unspecified atom stereocenters. The predicted molar refractivity (Wildman–Crippen MR) is 81.2 cm³/mol. The Kier molecular flexibility index (Phi) is 3.25. The topological polar surface area (TPSA) is 76.0 Å². The average Bonchev–Trinajstić information content (AvgIpc) is 2.94. The first-order valence-electron chi connectivity index (χ1n) is 6.53. The summed E-state index contributed by atoms with van der Waals surface area (Å²) in [6.45, 7) is 5.60. The van der Waals surface area contributed by atoms with Crippen molar-refractivity contribution in [2.45, 2.75) is 27.2 Å². The molecule has 3 rings (SSSR count). The number of fused-ring (bicyclic) bond motifs is 1. The number of H-pyrrole nitrogens is 1. The van der Waals surface area contributed by atoms with Crippen LogP contribution in [0.1, 0.15) is 32.4 Å². The second kappa shape index (κ2) is 4.96. The summed E-state index contributed by atoms with van der Waals surface area (Å²) in [6.07, 6.45) is 1.54. The van der Waals surface area contributed by atoms with E-state index in [2.05, 4.69) is 9.97 Å². The van der Waals surface area contributed by atoms with Gasteiger partial charge in [0, 0.05) is 4.88 Å². The number of nitrogens with one attached hydrogen (secondary N) is 1. The molecule has 3 aromatic heterocycles. The van der Waals surface area contributed by atoms with E-state index in [1.165, 1.54) is 17.6 Å². The first-order valence-corrected chi connectivity index (χ1v) is 7.35. The summed E-state index contributed by atoms with van der Waals surface area (Å²) in [5, 5.41) is 0.619. The Hall–Kier alpha value is -2.21. The van der Waals surface area contributed by atoms with Gasteiger partial charge in [0.05, 0.1) is 23.6 Å². The maximum atomic E-state index is 12.2. The van der Waals surface area contributed by atoms with Crippen molar-refractivity contribution in [2.75, 3.05) is 0 Å². The number of rotatable bonds is 3. The smallest absolute Gasteiger partial charge is 0.259 e. The zero-order valence-corrected chi connectivity index (χ0v) is 12.8. The number of carbonyl (C=O) groups is 1. The number of hydrogen-bond donors (Lipinski definition) is 1.